The Balaban J connectivity index is 2.02. The van der Waals surface area contributed by atoms with Gasteiger partial charge in [0.25, 0.3) is 0 Å². The molecule has 4 heteroatoms. The Morgan fingerprint density at radius 2 is 2.37 bits per heavy atom. The summed E-state index contributed by atoms with van der Waals surface area (Å²) in [6, 6.07) is 2.61. The van der Waals surface area contributed by atoms with Crippen molar-refractivity contribution in [1.29, 1.82) is 0 Å². The standard InChI is InChI=1S/C15H27N3O/c1-4-8-16-14(11-12-6-9-18(3)17-12)13-7-10-19-15(13)5-2/h6,9,13-16H,4-5,7-8,10-11H2,1-3H3. The Bertz CT molecular complexity index is 377. The van der Waals surface area contributed by atoms with Crippen molar-refractivity contribution < 1.29 is 4.74 Å². The molecule has 108 valence electrons. The molecule has 1 aromatic rings. The fourth-order valence-electron chi connectivity index (χ4n) is 3.05. The number of rotatable bonds is 7. The third-order valence-corrected chi connectivity index (χ3v) is 4.03. The molecule has 1 aromatic heterocycles. The monoisotopic (exact) mass is 265 g/mol. The molecule has 2 heterocycles. The maximum absolute atomic E-state index is 5.85. The first-order chi connectivity index (χ1) is 9.24. The molecule has 0 saturated carbocycles. The molecule has 1 N–H and O–H groups in total. The van der Waals surface area contributed by atoms with E-state index < -0.39 is 0 Å². The van der Waals surface area contributed by atoms with Gasteiger partial charge >= 0.3 is 0 Å². The van der Waals surface area contributed by atoms with Gasteiger partial charge in [-0.25, -0.2) is 0 Å². The zero-order valence-corrected chi connectivity index (χ0v) is 12.4. The molecule has 0 amide bonds. The lowest BCUT2D eigenvalue weighted by Crippen LogP contribution is -2.42. The fourth-order valence-corrected chi connectivity index (χ4v) is 3.05. The maximum Gasteiger partial charge on any atom is 0.0640 e. The van der Waals surface area contributed by atoms with E-state index in [1.165, 1.54) is 18.5 Å². The third kappa shape index (κ3) is 3.80. The molecule has 0 radical (unpaired) electrons. The quantitative estimate of drug-likeness (QED) is 0.821. The van der Waals surface area contributed by atoms with E-state index in [2.05, 4.69) is 30.3 Å². The van der Waals surface area contributed by atoms with E-state index in [1.54, 1.807) is 0 Å². The minimum atomic E-state index is 0.415. The Labute approximate surface area is 116 Å². The van der Waals surface area contributed by atoms with Crippen molar-refractivity contribution in [2.24, 2.45) is 13.0 Å². The van der Waals surface area contributed by atoms with Crippen LogP contribution in [0.25, 0.3) is 0 Å². The summed E-state index contributed by atoms with van der Waals surface area (Å²) in [6.07, 6.45) is 6.89. The molecule has 1 fully saturated rings. The van der Waals surface area contributed by atoms with E-state index in [4.69, 9.17) is 4.74 Å². The number of nitrogens with zero attached hydrogens (tertiary/aromatic N) is 2. The molecule has 0 bridgehead atoms. The zero-order chi connectivity index (χ0) is 13.7. The molecule has 19 heavy (non-hydrogen) atoms. The summed E-state index contributed by atoms with van der Waals surface area (Å²) in [5, 5.41) is 8.22. The first kappa shape index (κ1) is 14.5. The summed E-state index contributed by atoms with van der Waals surface area (Å²) in [4.78, 5) is 0. The highest BCUT2D eigenvalue weighted by Crippen LogP contribution is 2.28. The number of ether oxygens (including phenoxy) is 1. The molecule has 2 rings (SSSR count). The van der Waals surface area contributed by atoms with Crippen LogP contribution in [0.1, 0.15) is 38.8 Å². The van der Waals surface area contributed by atoms with E-state index in [1.807, 2.05) is 17.9 Å². The van der Waals surface area contributed by atoms with Gasteiger partial charge in [0.15, 0.2) is 0 Å². The highest BCUT2D eigenvalue weighted by molar-refractivity contribution is 5.03. The topological polar surface area (TPSA) is 39.1 Å². The fraction of sp³-hybridized carbons (Fsp3) is 0.800. The second-order valence-corrected chi connectivity index (χ2v) is 5.52. The molecule has 3 atom stereocenters. The minimum absolute atomic E-state index is 0.415. The van der Waals surface area contributed by atoms with Crippen LogP contribution in [0, 0.1) is 5.92 Å². The van der Waals surface area contributed by atoms with Gasteiger partial charge in [-0.05, 0) is 31.9 Å². The first-order valence-electron chi connectivity index (χ1n) is 7.58. The molecule has 0 spiro atoms. The van der Waals surface area contributed by atoms with Crippen molar-refractivity contribution in [2.75, 3.05) is 13.2 Å². The van der Waals surface area contributed by atoms with Crippen LogP contribution in [0.15, 0.2) is 12.3 Å². The smallest absolute Gasteiger partial charge is 0.0640 e. The molecule has 1 saturated heterocycles. The van der Waals surface area contributed by atoms with Crippen molar-refractivity contribution in [2.45, 2.75) is 51.7 Å². The van der Waals surface area contributed by atoms with Gasteiger partial charge in [0, 0.05) is 38.2 Å². The minimum Gasteiger partial charge on any atom is -0.378 e. The van der Waals surface area contributed by atoms with Crippen LogP contribution < -0.4 is 5.32 Å². The Morgan fingerprint density at radius 1 is 1.53 bits per heavy atom. The Kier molecular flexibility index (Phi) is 5.40. The summed E-state index contributed by atoms with van der Waals surface area (Å²) in [5.74, 6) is 0.624. The van der Waals surface area contributed by atoms with Gasteiger partial charge in [0.05, 0.1) is 11.8 Å². The van der Waals surface area contributed by atoms with Gasteiger partial charge in [0.1, 0.15) is 0 Å². The van der Waals surface area contributed by atoms with Crippen LogP contribution in [0.2, 0.25) is 0 Å². The van der Waals surface area contributed by atoms with Crippen LogP contribution in [0.3, 0.4) is 0 Å². The largest absolute Gasteiger partial charge is 0.378 e. The van der Waals surface area contributed by atoms with Crippen molar-refractivity contribution >= 4 is 0 Å². The summed E-state index contributed by atoms with van der Waals surface area (Å²) in [5.41, 5.74) is 1.18. The average molecular weight is 265 g/mol. The molecule has 1 aliphatic rings. The second-order valence-electron chi connectivity index (χ2n) is 5.52. The second kappa shape index (κ2) is 7.06. The van der Waals surface area contributed by atoms with Gasteiger partial charge in [-0.1, -0.05) is 13.8 Å². The van der Waals surface area contributed by atoms with Crippen LogP contribution in [0.5, 0.6) is 0 Å². The van der Waals surface area contributed by atoms with Gasteiger partial charge in [0.2, 0.25) is 0 Å². The molecule has 1 aliphatic heterocycles. The molecule has 4 nitrogen and oxygen atoms in total. The number of aryl methyl sites for hydroxylation is 1. The highest BCUT2D eigenvalue weighted by Gasteiger charge is 2.33. The van der Waals surface area contributed by atoms with Crippen LogP contribution in [-0.2, 0) is 18.2 Å². The molecular weight excluding hydrogens is 238 g/mol. The molecular formula is C15H27N3O. The van der Waals surface area contributed by atoms with E-state index in [0.29, 0.717) is 18.1 Å². The third-order valence-electron chi connectivity index (χ3n) is 4.03. The number of nitrogens with one attached hydrogen (secondary N) is 1. The lowest BCUT2D eigenvalue weighted by molar-refractivity contribution is 0.0773. The summed E-state index contributed by atoms with van der Waals surface area (Å²) < 4.78 is 7.74. The summed E-state index contributed by atoms with van der Waals surface area (Å²) >= 11 is 0. The molecule has 0 aliphatic carbocycles. The lowest BCUT2D eigenvalue weighted by Gasteiger charge is -2.27. The predicted molar refractivity (Wildman–Crippen MR) is 77.1 cm³/mol. The van der Waals surface area contributed by atoms with E-state index in [9.17, 15) is 0 Å². The normalized spacial score (nSPS) is 24.8. The van der Waals surface area contributed by atoms with E-state index >= 15 is 0 Å². The van der Waals surface area contributed by atoms with Gasteiger partial charge in [-0.3, -0.25) is 4.68 Å². The number of hydrogen-bond donors (Lipinski definition) is 1. The first-order valence-corrected chi connectivity index (χ1v) is 7.58. The summed E-state index contributed by atoms with van der Waals surface area (Å²) in [7, 11) is 1.98. The molecule has 3 unspecified atom stereocenters. The Hall–Kier alpha value is -0.870. The highest BCUT2D eigenvalue weighted by atomic mass is 16.5. The predicted octanol–water partition coefficient (Wildman–Crippen LogP) is 2.15. The van der Waals surface area contributed by atoms with Crippen LogP contribution in [0.4, 0.5) is 0 Å². The van der Waals surface area contributed by atoms with Gasteiger partial charge < -0.3 is 10.1 Å². The van der Waals surface area contributed by atoms with Gasteiger partial charge in [-0.15, -0.1) is 0 Å². The van der Waals surface area contributed by atoms with E-state index in [0.717, 1.165) is 26.0 Å². The van der Waals surface area contributed by atoms with Crippen molar-refractivity contribution in [3.8, 4) is 0 Å². The Morgan fingerprint density at radius 3 is 3.00 bits per heavy atom. The van der Waals surface area contributed by atoms with Crippen molar-refractivity contribution in [1.82, 2.24) is 15.1 Å². The van der Waals surface area contributed by atoms with Crippen molar-refractivity contribution in [3.05, 3.63) is 18.0 Å². The molecule has 0 aromatic carbocycles. The number of aromatic nitrogens is 2. The average Bonchev–Trinajstić information content (AvgIpc) is 3.03. The zero-order valence-electron chi connectivity index (χ0n) is 12.4. The SMILES string of the molecule is CCCNC(Cc1ccn(C)n1)C1CCOC1CC. The number of hydrogen-bond acceptors (Lipinski definition) is 3. The van der Waals surface area contributed by atoms with Crippen molar-refractivity contribution in [3.63, 3.8) is 0 Å². The van der Waals surface area contributed by atoms with E-state index in [-0.39, 0.29) is 0 Å². The maximum atomic E-state index is 5.85. The van der Waals surface area contributed by atoms with Crippen LogP contribution in [-0.4, -0.2) is 35.1 Å². The van der Waals surface area contributed by atoms with Crippen LogP contribution >= 0.6 is 0 Å². The lowest BCUT2D eigenvalue weighted by atomic mass is 9.88. The van der Waals surface area contributed by atoms with Gasteiger partial charge in [-0.2, -0.15) is 5.10 Å². The summed E-state index contributed by atoms with van der Waals surface area (Å²) in [6.45, 7) is 6.42.